The molecule has 2 aliphatic rings. The molecule has 1 saturated carbocycles. The van der Waals surface area contributed by atoms with Crippen molar-refractivity contribution in [2.24, 2.45) is 0 Å². The molecule has 0 bridgehead atoms. The highest BCUT2D eigenvalue weighted by Gasteiger charge is 2.31. The molecule has 0 aliphatic heterocycles. The molecule has 0 spiro atoms. The van der Waals surface area contributed by atoms with Crippen molar-refractivity contribution in [3.05, 3.63) is 59.0 Å². The van der Waals surface area contributed by atoms with Crippen molar-refractivity contribution in [1.29, 1.82) is 0 Å². The second-order valence-electron chi connectivity index (χ2n) is 7.74. The third-order valence-electron chi connectivity index (χ3n) is 5.60. The van der Waals surface area contributed by atoms with Gasteiger partial charge < -0.3 is 9.73 Å². The van der Waals surface area contributed by atoms with Gasteiger partial charge in [0.2, 0.25) is 5.91 Å². The van der Waals surface area contributed by atoms with Crippen LogP contribution in [-0.2, 0) is 24.2 Å². The number of amides is 1. The largest absolute Gasteiger partial charge is 0.468 e. The lowest BCUT2D eigenvalue weighted by molar-refractivity contribution is -0.123. The predicted molar refractivity (Wildman–Crippen MR) is 102 cm³/mol. The minimum Gasteiger partial charge on any atom is -0.468 e. The van der Waals surface area contributed by atoms with Gasteiger partial charge in [-0.25, -0.2) is 0 Å². The summed E-state index contributed by atoms with van der Waals surface area (Å²) >= 11 is 0. The molecule has 1 heterocycles. The quantitative estimate of drug-likeness (QED) is 0.819. The van der Waals surface area contributed by atoms with Crippen LogP contribution in [-0.4, -0.2) is 23.4 Å². The minimum absolute atomic E-state index is 0.0411. The van der Waals surface area contributed by atoms with Crippen LogP contribution in [0.5, 0.6) is 0 Å². The molecule has 138 valence electrons. The molecule has 4 nitrogen and oxygen atoms in total. The van der Waals surface area contributed by atoms with Gasteiger partial charge in [0.1, 0.15) is 5.76 Å². The fraction of sp³-hybridized carbons (Fsp3) is 0.500. The number of hydrogen-bond donors (Lipinski definition) is 1. The van der Waals surface area contributed by atoms with Crippen molar-refractivity contribution in [3.63, 3.8) is 0 Å². The van der Waals surface area contributed by atoms with Crippen LogP contribution in [0, 0.1) is 0 Å². The van der Waals surface area contributed by atoms with Gasteiger partial charge in [-0.15, -0.1) is 0 Å². The van der Waals surface area contributed by atoms with E-state index in [9.17, 15) is 4.79 Å². The first-order valence-electron chi connectivity index (χ1n) is 9.86. The van der Waals surface area contributed by atoms with Gasteiger partial charge in [-0.05, 0) is 74.3 Å². The van der Waals surface area contributed by atoms with Crippen molar-refractivity contribution in [1.82, 2.24) is 10.2 Å². The zero-order chi connectivity index (χ0) is 17.9. The van der Waals surface area contributed by atoms with Gasteiger partial charge in [-0.3, -0.25) is 9.69 Å². The van der Waals surface area contributed by atoms with Gasteiger partial charge in [0.15, 0.2) is 0 Å². The Labute approximate surface area is 155 Å². The molecule has 1 atom stereocenters. The summed E-state index contributed by atoms with van der Waals surface area (Å²) in [5.41, 5.74) is 4.16. The number of nitrogens with one attached hydrogen (secondary N) is 1. The maximum atomic E-state index is 12.6. The zero-order valence-corrected chi connectivity index (χ0v) is 15.5. The van der Waals surface area contributed by atoms with Gasteiger partial charge in [0.05, 0.1) is 25.4 Å². The molecule has 1 unspecified atom stereocenters. The second-order valence-corrected chi connectivity index (χ2v) is 7.74. The van der Waals surface area contributed by atoms with E-state index in [1.54, 1.807) is 6.26 Å². The molecule has 1 N–H and O–H groups in total. The van der Waals surface area contributed by atoms with Gasteiger partial charge >= 0.3 is 0 Å². The van der Waals surface area contributed by atoms with E-state index in [1.165, 1.54) is 55.2 Å². The Hall–Kier alpha value is -2.07. The number of rotatable bonds is 7. The Balaban J connectivity index is 1.36. The first-order valence-corrected chi connectivity index (χ1v) is 9.86. The SMILES string of the molecule is CC(NC(=O)CN(Cc1ccco1)C1CC1)c1ccc2c(c1)CCCC2. The predicted octanol–water partition coefficient (Wildman–Crippen LogP) is 4.00. The molecular weight excluding hydrogens is 324 g/mol. The standard InChI is InChI=1S/C22H28N2O2/c1-16(18-9-8-17-5-2-3-6-19(17)13-18)23-22(25)15-24(20-10-11-20)14-21-7-4-12-26-21/h4,7-9,12-13,16,20H,2-3,5-6,10-11,14-15H2,1H3,(H,23,25). The van der Waals surface area contributed by atoms with E-state index in [0.717, 1.165) is 5.76 Å². The molecule has 1 aromatic heterocycles. The summed E-state index contributed by atoms with van der Waals surface area (Å²) in [6, 6.07) is 11.2. The van der Waals surface area contributed by atoms with E-state index >= 15 is 0 Å². The number of hydrogen-bond acceptors (Lipinski definition) is 3. The summed E-state index contributed by atoms with van der Waals surface area (Å²) in [7, 11) is 0. The Kier molecular flexibility index (Phi) is 5.11. The molecule has 4 rings (SSSR count). The average molecular weight is 352 g/mol. The third kappa shape index (κ3) is 4.18. The van der Waals surface area contributed by atoms with E-state index in [-0.39, 0.29) is 11.9 Å². The number of carbonyl (C=O) groups excluding carboxylic acids is 1. The molecule has 0 radical (unpaired) electrons. The number of nitrogens with zero attached hydrogens (tertiary/aromatic N) is 1. The van der Waals surface area contributed by atoms with E-state index in [0.29, 0.717) is 19.1 Å². The highest BCUT2D eigenvalue weighted by atomic mass is 16.3. The van der Waals surface area contributed by atoms with Crippen molar-refractivity contribution in [3.8, 4) is 0 Å². The fourth-order valence-corrected chi connectivity index (χ4v) is 3.93. The molecule has 2 aromatic rings. The summed E-state index contributed by atoms with van der Waals surface area (Å²) in [5, 5.41) is 3.18. The highest BCUT2D eigenvalue weighted by molar-refractivity contribution is 5.78. The van der Waals surface area contributed by atoms with E-state index in [4.69, 9.17) is 4.42 Å². The van der Waals surface area contributed by atoms with E-state index < -0.39 is 0 Å². The highest BCUT2D eigenvalue weighted by Crippen LogP contribution is 2.28. The monoisotopic (exact) mass is 352 g/mol. The normalized spacial score (nSPS) is 17.8. The minimum atomic E-state index is 0.0411. The molecular formula is C22H28N2O2. The van der Waals surface area contributed by atoms with Crippen LogP contribution < -0.4 is 5.32 Å². The smallest absolute Gasteiger partial charge is 0.234 e. The zero-order valence-electron chi connectivity index (χ0n) is 15.5. The molecule has 26 heavy (non-hydrogen) atoms. The number of furan rings is 1. The van der Waals surface area contributed by atoms with Crippen LogP contribution in [0.25, 0.3) is 0 Å². The van der Waals surface area contributed by atoms with Crippen LogP contribution in [0.1, 0.15) is 61.1 Å². The molecule has 1 aromatic carbocycles. The van der Waals surface area contributed by atoms with E-state index in [1.807, 2.05) is 12.1 Å². The molecule has 1 amide bonds. The second kappa shape index (κ2) is 7.67. The number of fused-ring (bicyclic) bond motifs is 1. The van der Waals surface area contributed by atoms with Crippen LogP contribution >= 0.6 is 0 Å². The van der Waals surface area contributed by atoms with Crippen LogP contribution in [0.15, 0.2) is 41.0 Å². The summed E-state index contributed by atoms with van der Waals surface area (Å²) < 4.78 is 5.45. The fourth-order valence-electron chi connectivity index (χ4n) is 3.93. The summed E-state index contributed by atoms with van der Waals surface area (Å²) in [5.74, 6) is 1.01. The average Bonchev–Trinajstić information content (AvgIpc) is 3.38. The lowest BCUT2D eigenvalue weighted by Crippen LogP contribution is -2.39. The summed E-state index contributed by atoms with van der Waals surface area (Å²) in [6.07, 6.45) is 8.98. The number of benzene rings is 1. The lowest BCUT2D eigenvalue weighted by Gasteiger charge is -2.23. The molecule has 4 heteroatoms. The lowest BCUT2D eigenvalue weighted by atomic mass is 9.89. The van der Waals surface area contributed by atoms with Gasteiger partial charge in [0.25, 0.3) is 0 Å². The Bertz CT molecular complexity index is 750. The maximum absolute atomic E-state index is 12.6. The number of carbonyl (C=O) groups is 1. The van der Waals surface area contributed by atoms with Gasteiger partial charge in [-0.2, -0.15) is 0 Å². The molecule has 2 aliphatic carbocycles. The first kappa shape index (κ1) is 17.3. The summed E-state index contributed by atoms with van der Waals surface area (Å²) in [4.78, 5) is 14.8. The van der Waals surface area contributed by atoms with Crippen LogP contribution in [0.3, 0.4) is 0 Å². The van der Waals surface area contributed by atoms with Gasteiger partial charge in [0, 0.05) is 6.04 Å². The maximum Gasteiger partial charge on any atom is 0.234 e. The first-order chi connectivity index (χ1) is 12.7. The summed E-state index contributed by atoms with van der Waals surface area (Å²) in [6.45, 7) is 3.22. The van der Waals surface area contributed by atoms with E-state index in [2.05, 4.69) is 35.3 Å². The van der Waals surface area contributed by atoms with Crippen molar-refractivity contribution < 1.29 is 9.21 Å². The topological polar surface area (TPSA) is 45.5 Å². The Morgan fingerprint density at radius 1 is 1.23 bits per heavy atom. The number of aryl methyl sites for hydroxylation is 2. The van der Waals surface area contributed by atoms with Crippen molar-refractivity contribution in [2.45, 2.75) is 64.1 Å². The molecule has 0 saturated heterocycles. The Morgan fingerprint density at radius 3 is 2.77 bits per heavy atom. The van der Waals surface area contributed by atoms with Crippen LogP contribution in [0.4, 0.5) is 0 Å². The Morgan fingerprint density at radius 2 is 2.04 bits per heavy atom. The third-order valence-corrected chi connectivity index (χ3v) is 5.60. The van der Waals surface area contributed by atoms with Crippen molar-refractivity contribution >= 4 is 5.91 Å². The molecule has 1 fully saturated rings. The van der Waals surface area contributed by atoms with Crippen molar-refractivity contribution in [2.75, 3.05) is 6.54 Å². The van der Waals surface area contributed by atoms with Gasteiger partial charge in [-0.1, -0.05) is 18.2 Å². The van der Waals surface area contributed by atoms with Crippen LogP contribution in [0.2, 0.25) is 0 Å².